The first-order chi connectivity index (χ1) is 9.16. The van der Waals surface area contributed by atoms with Gasteiger partial charge in [0.15, 0.2) is 5.75 Å². The Kier molecular flexibility index (Phi) is 4.42. The van der Waals surface area contributed by atoms with Crippen molar-refractivity contribution in [2.24, 2.45) is 0 Å². The minimum absolute atomic E-state index is 0.259. The zero-order valence-electron chi connectivity index (χ0n) is 10.5. The molecule has 2 rings (SSSR count). The van der Waals surface area contributed by atoms with Crippen molar-refractivity contribution in [2.75, 3.05) is 5.32 Å². The van der Waals surface area contributed by atoms with E-state index >= 15 is 0 Å². The first kappa shape index (κ1) is 13.4. The molecule has 1 N–H and O–H groups in total. The predicted molar refractivity (Wildman–Crippen MR) is 76.9 cm³/mol. The van der Waals surface area contributed by atoms with E-state index in [2.05, 4.69) is 5.32 Å². The number of rotatable bonds is 4. The summed E-state index contributed by atoms with van der Waals surface area (Å²) in [7, 11) is 0. The Morgan fingerprint density at radius 3 is 2.42 bits per heavy atom. The fourth-order valence-electron chi connectivity index (χ4n) is 1.51. The number of carbonyl (C=O) groups excluding carboxylic acids is 1. The van der Waals surface area contributed by atoms with E-state index < -0.39 is 5.38 Å². The summed E-state index contributed by atoms with van der Waals surface area (Å²) in [6, 6.07) is 16.6. The lowest BCUT2D eigenvalue weighted by Gasteiger charge is -2.12. The molecule has 0 heterocycles. The number of carbonyl (C=O) groups is 1. The number of hydrogen-bond acceptors (Lipinski definition) is 2. The maximum atomic E-state index is 11.6. The molecule has 0 radical (unpaired) electrons. The van der Waals surface area contributed by atoms with E-state index in [1.165, 1.54) is 0 Å². The van der Waals surface area contributed by atoms with Crippen molar-refractivity contribution in [2.45, 2.75) is 12.3 Å². The monoisotopic (exact) mass is 275 g/mol. The van der Waals surface area contributed by atoms with Crippen LogP contribution in [0.2, 0.25) is 0 Å². The lowest BCUT2D eigenvalue weighted by Crippen LogP contribution is -2.20. The van der Waals surface area contributed by atoms with Crippen LogP contribution in [0, 0.1) is 0 Å². The number of anilines is 1. The van der Waals surface area contributed by atoms with Gasteiger partial charge in [-0.2, -0.15) is 0 Å². The molecule has 0 saturated heterocycles. The van der Waals surface area contributed by atoms with Crippen molar-refractivity contribution in [1.29, 1.82) is 0 Å². The van der Waals surface area contributed by atoms with Crippen molar-refractivity contribution >= 4 is 23.2 Å². The van der Waals surface area contributed by atoms with Crippen molar-refractivity contribution in [3.63, 3.8) is 0 Å². The molecule has 0 fully saturated rings. The normalized spacial score (nSPS) is 11.7. The molecule has 0 aliphatic heterocycles. The van der Waals surface area contributed by atoms with Gasteiger partial charge in [0.25, 0.3) is 0 Å². The highest BCUT2D eigenvalue weighted by molar-refractivity contribution is 6.32. The second-order valence-electron chi connectivity index (χ2n) is 4.02. The molecular weight excluding hydrogens is 262 g/mol. The van der Waals surface area contributed by atoms with Crippen LogP contribution in [-0.2, 0) is 4.79 Å². The van der Waals surface area contributed by atoms with Gasteiger partial charge in [-0.05, 0) is 31.2 Å². The zero-order valence-corrected chi connectivity index (χ0v) is 11.2. The summed E-state index contributed by atoms with van der Waals surface area (Å²) < 4.78 is 5.73. The van der Waals surface area contributed by atoms with Gasteiger partial charge in [0.1, 0.15) is 11.1 Å². The van der Waals surface area contributed by atoms with Crippen molar-refractivity contribution in [1.82, 2.24) is 0 Å². The third-order valence-electron chi connectivity index (χ3n) is 2.48. The fraction of sp³-hybridized carbons (Fsp3) is 0.133. The van der Waals surface area contributed by atoms with Crippen LogP contribution >= 0.6 is 11.6 Å². The molecule has 0 unspecified atom stereocenters. The van der Waals surface area contributed by atoms with Crippen LogP contribution in [0.15, 0.2) is 54.6 Å². The standard InChI is InChI=1S/C15H14ClNO2/c1-11(16)15(18)17-13-9-5-6-10-14(13)19-12-7-3-2-4-8-12/h2-11H,1H3,(H,17,18)/t11-/m1/s1. The van der Waals surface area contributed by atoms with Gasteiger partial charge < -0.3 is 10.1 Å². The zero-order chi connectivity index (χ0) is 13.7. The average molecular weight is 276 g/mol. The van der Waals surface area contributed by atoms with Gasteiger partial charge in [-0.25, -0.2) is 0 Å². The Morgan fingerprint density at radius 2 is 1.74 bits per heavy atom. The van der Waals surface area contributed by atoms with Crippen LogP contribution < -0.4 is 10.1 Å². The third kappa shape index (κ3) is 3.73. The number of amides is 1. The minimum Gasteiger partial charge on any atom is -0.455 e. The minimum atomic E-state index is -0.593. The van der Waals surface area contributed by atoms with Crippen LogP contribution in [0.4, 0.5) is 5.69 Å². The van der Waals surface area contributed by atoms with Crippen molar-refractivity contribution in [3.8, 4) is 11.5 Å². The van der Waals surface area contributed by atoms with Crippen molar-refractivity contribution in [3.05, 3.63) is 54.6 Å². The molecular formula is C15H14ClNO2. The van der Waals surface area contributed by atoms with Gasteiger partial charge in [0.2, 0.25) is 5.91 Å². The third-order valence-corrected chi connectivity index (χ3v) is 2.68. The summed E-state index contributed by atoms with van der Waals surface area (Å²) in [4.78, 5) is 11.6. The molecule has 1 atom stereocenters. The number of halogens is 1. The van der Waals surface area contributed by atoms with Crippen LogP contribution in [0.1, 0.15) is 6.92 Å². The van der Waals surface area contributed by atoms with Crippen LogP contribution in [0.3, 0.4) is 0 Å². The van der Waals surface area contributed by atoms with Crippen LogP contribution in [-0.4, -0.2) is 11.3 Å². The molecule has 4 heteroatoms. The summed E-state index contributed by atoms with van der Waals surface area (Å²) in [5.74, 6) is 1.04. The molecule has 1 amide bonds. The number of para-hydroxylation sites is 3. The predicted octanol–water partition coefficient (Wildman–Crippen LogP) is 4.04. The molecule has 0 saturated carbocycles. The molecule has 0 spiro atoms. The number of hydrogen-bond donors (Lipinski definition) is 1. The van der Waals surface area contributed by atoms with Crippen LogP contribution in [0.5, 0.6) is 11.5 Å². The average Bonchev–Trinajstić information content (AvgIpc) is 2.42. The van der Waals surface area contributed by atoms with Gasteiger partial charge in [-0.1, -0.05) is 30.3 Å². The van der Waals surface area contributed by atoms with Crippen LogP contribution in [0.25, 0.3) is 0 Å². The van der Waals surface area contributed by atoms with Gasteiger partial charge in [0.05, 0.1) is 5.69 Å². The molecule has 0 aromatic heterocycles. The smallest absolute Gasteiger partial charge is 0.242 e. The quantitative estimate of drug-likeness (QED) is 0.855. The van der Waals surface area contributed by atoms with E-state index in [0.29, 0.717) is 17.2 Å². The van der Waals surface area contributed by atoms with Gasteiger partial charge in [-0.15, -0.1) is 11.6 Å². The highest BCUT2D eigenvalue weighted by Crippen LogP contribution is 2.29. The second kappa shape index (κ2) is 6.25. The molecule has 19 heavy (non-hydrogen) atoms. The number of nitrogens with one attached hydrogen (secondary N) is 1. The van der Waals surface area contributed by atoms with Gasteiger partial charge in [-0.3, -0.25) is 4.79 Å². The topological polar surface area (TPSA) is 38.3 Å². The Bertz CT molecular complexity index is 555. The van der Waals surface area contributed by atoms with E-state index in [0.717, 1.165) is 0 Å². The Balaban J connectivity index is 2.19. The summed E-state index contributed by atoms with van der Waals surface area (Å²) in [5.41, 5.74) is 0.601. The lowest BCUT2D eigenvalue weighted by molar-refractivity contribution is -0.115. The van der Waals surface area contributed by atoms with Gasteiger partial charge >= 0.3 is 0 Å². The fourth-order valence-corrected chi connectivity index (χ4v) is 1.56. The molecule has 3 nitrogen and oxygen atoms in total. The maximum Gasteiger partial charge on any atom is 0.242 e. The Morgan fingerprint density at radius 1 is 1.11 bits per heavy atom. The lowest BCUT2D eigenvalue weighted by atomic mass is 10.2. The second-order valence-corrected chi connectivity index (χ2v) is 4.67. The van der Waals surface area contributed by atoms with E-state index in [1.54, 1.807) is 19.1 Å². The number of ether oxygens (including phenoxy) is 1. The summed E-state index contributed by atoms with van der Waals surface area (Å²) in [6.07, 6.45) is 0. The highest BCUT2D eigenvalue weighted by atomic mass is 35.5. The summed E-state index contributed by atoms with van der Waals surface area (Å²) in [6.45, 7) is 1.62. The van der Waals surface area contributed by atoms with E-state index in [9.17, 15) is 4.79 Å². The highest BCUT2D eigenvalue weighted by Gasteiger charge is 2.12. The molecule has 0 bridgehead atoms. The van der Waals surface area contributed by atoms with E-state index in [1.807, 2.05) is 42.5 Å². The first-order valence-electron chi connectivity index (χ1n) is 5.93. The summed E-state index contributed by atoms with van der Waals surface area (Å²) >= 11 is 5.74. The van der Waals surface area contributed by atoms with Gasteiger partial charge in [0, 0.05) is 0 Å². The molecule has 2 aromatic carbocycles. The Hall–Kier alpha value is -2.00. The summed E-state index contributed by atoms with van der Waals surface area (Å²) in [5, 5.41) is 2.14. The first-order valence-corrected chi connectivity index (χ1v) is 6.37. The van der Waals surface area contributed by atoms with E-state index in [-0.39, 0.29) is 5.91 Å². The number of alkyl halides is 1. The maximum absolute atomic E-state index is 11.6. The number of benzene rings is 2. The largest absolute Gasteiger partial charge is 0.455 e. The molecule has 2 aromatic rings. The van der Waals surface area contributed by atoms with E-state index in [4.69, 9.17) is 16.3 Å². The molecule has 98 valence electrons. The molecule has 0 aliphatic carbocycles. The molecule has 0 aliphatic rings. The van der Waals surface area contributed by atoms with Crippen molar-refractivity contribution < 1.29 is 9.53 Å². The SMILES string of the molecule is C[C@@H](Cl)C(=O)Nc1ccccc1Oc1ccccc1. The Labute approximate surface area is 117 Å².